The molecule has 5 nitrogen and oxygen atoms in total. The van der Waals surface area contributed by atoms with Crippen LogP contribution in [0.5, 0.6) is 0 Å². The number of nitrogens with one attached hydrogen (secondary N) is 1. The summed E-state index contributed by atoms with van der Waals surface area (Å²) in [6, 6.07) is 1.94. The highest BCUT2D eigenvalue weighted by atomic mass is 16.4. The lowest BCUT2D eigenvalue weighted by atomic mass is 10.1. The monoisotopic (exact) mass is 233 g/mol. The first-order valence-electron chi connectivity index (χ1n) is 5.87. The molecule has 1 unspecified atom stereocenters. The SMILES string of the molecule is CCC(C)C(=O)Nc1oc(C2CC2)nc1C#N. The molecule has 1 aromatic rings. The Morgan fingerprint density at radius 1 is 1.71 bits per heavy atom. The van der Waals surface area contributed by atoms with E-state index in [1.807, 2.05) is 19.9 Å². The van der Waals surface area contributed by atoms with Gasteiger partial charge in [-0.3, -0.25) is 10.1 Å². The molecule has 5 heteroatoms. The van der Waals surface area contributed by atoms with E-state index < -0.39 is 0 Å². The summed E-state index contributed by atoms with van der Waals surface area (Å²) in [6.07, 6.45) is 2.84. The zero-order valence-electron chi connectivity index (χ0n) is 9.99. The van der Waals surface area contributed by atoms with Crippen LogP contribution in [0.2, 0.25) is 0 Å². The van der Waals surface area contributed by atoms with Crippen molar-refractivity contribution < 1.29 is 9.21 Å². The van der Waals surface area contributed by atoms with Crippen LogP contribution in [0.3, 0.4) is 0 Å². The summed E-state index contributed by atoms with van der Waals surface area (Å²) in [5.41, 5.74) is 0.170. The largest absolute Gasteiger partial charge is 0.423 e. The zero-order valence-corrected chi connectivity index (χ0v) is 9.99. The average molecular weight is 233 g/mol. The molecule has 1 aliphatic carbocycles. The fourth-order valence-corrected chi connectivity index (χ4v) is 1.42. The van der Waals surface area contributed by atoms with Gasteiger partial charge in [0.1, 0.15) is 6.07 Å². The lowest BCUT2D eigenvalue weighted by molar-refractivity contribution is -0.119. The Kier molecular flexibility index (Phi) is 3.14. The normalized spacial score (nSPS) is 16.3. The first-order chi connectivity index (χ1) is 8.15. The van der Waals surface area contributed by atoms with Crippen LogP contribution in [-0.2, 0) is 4.79 Å². The van der Waals surface area contributed by atoms with Crippen molar-refractivity contribution in [3.63, 3.8) is 0 Å². The second-order valence-electron chi connectivity index (χ2n) is 4.41. The molecule has 17 heavy (non-hydrogen) atoms. The van der Waals surface area contributed by atoms with Crippen molar-refractivity contribution in [2.75, 3.05) is 5.32 Å². The molecule has 1 N–H and O–H groups in total. The Morgan fingerprint density at radius 3 is 2.94 bits per heavy atom. The summed E-state index contributed by atoms with van der Waals surface area (Å²) >= 11 is 0. The molecular weight excluding hydrogens is 218 g/mol. The minimum atomic E-state index is -0.137. The molecule has 0 aliphatic heterocycles. The highest BCUT2D eigenvalue weighted by molar-refractivity contribution is 5.91. The molecule has 1 fully saturated rings. The number of rotatable bonds is 4. The van der Waals surface area contributed by atoms with E-state index in [0.717, 1.165) is 19.3 Å². The first kappa shape index (κ1) is 11.6. The molecular formula is C12H15N3O2. The van der Waals surface area contributed by atoms with Crippen molar-refractivity contribution in [3.8, 4) is 6.07 Å². The predicted octanol–water partition coefficient (Wildman–Crippen LogP) is 2.41. The molecule has 0 saturated heterocycles. The molecule has 1 saturated carbocycles. The van der Waals surface area contributed by atoms with Crippen LogP contribution in [0.1, 0.15) is 50.6 Å². The van der Waals surface area contributed by atoms with E-state index in [9.17, 15) is 4.79 Å². The highest BCUT2D eigenvalue weighted by Crippen LogP contribution is 2.40. The van der Waals surface area contributed by atoms with E-state index in [0.29, 0.717) is 11.8 Å². The molecule has 0 radical (unpaired) electrons. The fourth-order valence-electron chi connectivity index (χ4n) is 1.42. The maximum atomic E-state index is 11.7. The number of hydrogen-bond donors (Lipinski definition) is 1. The third-order valence-electron chi connectivity index (χ3n) is 2.97. The smallest absolute Gasteiger partial charge is 0.238 e. The second kappa shape index (κ2) is 4.58. The van der Waals surface area contributed by atoms with E-state index in [-0.39, 0.29) is 23.4 Å². The van der Waals surface area contributed by atoms with Crippen molar-refractivity contribution in [3.05, 3.63) is 11.6 Å². The number of amides is 1. The molecule has 0 aromatic carbocycles. The van der Waals surface area contributed by atoms with Gasteiger partial charge in [-0.05, 0) is 19.3 Å². The minimum absolute atomic E-state index is 0.101. The van der Waals surface area contributed by atoms with Crippen molar-refractivity contribution in [1.82, 2.24) is 4.98 Å². The number of aromatic nitrogens is 1. The third-order valence-corrected chi connectivity index (χ3v) is 2.97. The van der Waals surface area contributed by atoms with E-state index in [1.165, 1.54) is 0 Å². The van der Waals surface area contributed by atoms with Gasteiger partial charge >= 0.3 is 0 Å². The molecule has 2 rings (SSSR count). The lowest BCUT2D eigenvalue weighted by Crippen LogP contribution is -2.19. The quantitative estimate of drug-likeness (QED) is 0.866. The number of nitrogens with zero attached hydrogens (tertiary/aromatic N) is 2. The Balaban J connectivity index is 2.14. The molecule has 0 bridgehead atoms. The minimum Gasteiger partial charge on any atom is -0.423 e. The van der Waals surface area contributed by atoms with Gasteiger partial charge < -0.3 is 4.42 Å². The number of hydrogen-bond acceptors (Lipinski definition) is 4. The number of carbonyl (C=O) groups excluding carboxylic acids is 1. The van der Waals surface area contributed by atoms with Crippen LogP contribution in [-0.4, -0.2) is 10.9 Å². The van der Waals surface area contributed by atoms with Gasteiger partial charge in [-0.1, -0.05) is 13.8 Å². The maximum Gasteiger partial charge on any atom is 0.238 e. The second-order valence-corrected chi connectivity index (χ2v) is 4.41. The Morgan fingerprint density at radius 2 is 2.41 bits per heavy atom. The van der Waals surface area contributed by atoms with Gasteiger partial charge in [0.05, 0.1) is 0 Å². The number of nitriles is 1. The van der Waals surface area contributed by atoms with Crippen molar-refractivity contribution in [2.24, 2.45) is 5.92 Å². The summed E-state index contributed by atoms with van der Waals surface area (Å²) in [4.78, 5) is 15.8. The van der Waals surface area contributed by atoms with Crippen LogP contribution in [0.15, 0.2) is 4.42 Å². The third kappa shape index (κ3) is 2.47. The average Bonchev–Trinajstić information content (AvgIpc) is 3.10. The summed E-state index contributed by atoms with van der Waals surface area (Å²) in [6.45, 7) is 3.77. The van der Waals surface area contributed by atoms with Gasteiger partial charge in [0.25, 0.3) is 0 Å². The van der Waals surface area contributed by atoms with Gasteiger partial charge in [0.2, 0.25) is 23.4 Å². The van der Waals surface area contributed by atoms with Crippen molar-refractivity contribution in [2.45, 2.75) is 39.0 Å². The Labute approximate surface area is 99.8 Å². The lowest BCUT2D eigenvalue weighted by Gasteiger charge is -2.06. The van der Waals surface area contributed by atoms with Gasteiger partial charge in [0, 0.05) is 11.8 Å². The van der Waals surface area contributed by atoms with E-state index in [4.69, 9.17) is 9.68 Å². The van der Waals surface area contributed by atoms with E-state index >= 15 is 0 Å². The van der Waals surface area contributed by atoms with Crippen LogP contribution < -0.4 is 5.32 Å². The van der Waals surface area contributed by atoms with Crippen LogP contribution in [0, 0.1) is 17.2 Å². The summed E-state index contributed by atoms with van der Waals surface area (Å²) in [5.74, 6) is 0.857. The highest BCUT2D eigenvalue weighted by Gasteiger charge is 2.30. The zero-order chi connectivity index (χ0) is 12.4. The topological polar surface area (TPSA) is 78.9 Å². The van der Waals surface area contributed by atoms with Gasteiger partial charge in [-0.15, -0.1) is 0 Å². The molecule has 1 aromatic heterocycles. The fraction of sp³-hybridized carbons (Fsp3) is 0.583. The van der Waals surface area contributed by atoms with Crippen molar-refractivity contribution >= 4 is 11.8 Å². The van der Waals surface area contributed by atoms with Crippen LogP contribution >= 0.6 is 0 Å². The Hall–Kier alpha value is -1.83. The Bertz CT molecular complexity index is 469. The van der Waals surface area contributed by atoms with Gasteiger partial charge in [-0.25, -0.2) is 4.98 Å². The summed E-state index contributed by atoms with van der Waals surface area (Å²) in [5, 5.41) is 11.5. The molecule has 1 aliphatic rings. The number of oxazole rings is 1. The summed E-state index contributed by atoms with van der Waals surface area (Å²) in [7, 11) is 0. The standard InChI is InChI=1S/C12H15N3O2/c1-3-7(2)10(16)15-12-9(6-13)14-11(17-12)8-4-5-8/h7-8H,3-5H2,1-2H3,(H,15,16). The molecule has 1 heterocycles. The van der Waals surface area contributed by atoms with Crippen LogP contribution in [0.25, 0.3) is 0 Å². The number of carbonyl (C=O) groups is 1. The number of anilines is 1. The van der Waals surface area contributed by atoms with Gasteiger partial charge in [-0.2, -0.15) is 5.26 Å². The first-order valence-corrected chi connectivity index (χ1v) is 5.87. The van der Waals surface area contributed by atoms with Crippen LogP contribution in [0.4, 0.5) is 5.88 Å². The van der Waals surface area contributed by atoms with Gasteiger partial charge in [0.15, 0.2) is 0 Å². The van der Waals surface area contributed by atoms with Crippen molar-refractivity contribution in [1.29, 1.82) is 5.26 Å². The summed E-state index contributed by atoms with van der Waals surface area (Å²) < 4.78 is 5.43. The molecule has 0 spiro atoms. The predicted molar refractivity (Wildman–Crippen MR) is 61.3 cm³/mol. The van der Waals surface area contributed by atoms with E-state index in [1.54, 1.807) is 0 Å². The van der Waals surface area contributed by atoms with E-state index in [2.05, 4.69) is 10.3 Å². The molecule has 1 atom stereocenters. The molecule has 90 valence electrons. The maximum absolute atomic E-state index is 11.7. The molecule has 1 amide bonds.